The molecule has 96 valence electrons. The number of hydrogen-bond acceptors (Lipinski definition) is 4. The molecule has 1 atom stereocenters. The zero-order valence-electron chi connectivity index (χ0n) is 10.7. The SMILES string of the molecule is COc1ccc(O)c(C(C)Nc2cnn(C)c2)c1. The maximum atomic E-state index is 9.87. The van der Waals surface area contributed by atoms with Crippen LogP contribution in [0.2, 0.25) is 0 Å². The van der Waals surface area contributed by atoms with Crippen LogP contribution in [-0.2, 0) is 7.05 Å². The van der Waals surface area contributed by atoms with Gasteiger partial charge in [-0.15, -0.1) is 0 Å². The molecule has 0 aliphatic heterocycles. The van der Waals surface area contributed by atoms with Gasteiger partial charge in [-0.3, -0.25) is 4.68 Å². The van der Waals surface area contributed by atoms with Crippen molar-refractivity contribution < 1.29 is 9.84 Å². The normalized spacial score (nSPS) is 12.2. The minimum atomic E-state index is -0.0377. The number of phenolic OH excluding ortho intramolecular Hbond substituents is 1. The molecule has 2 rings (SSSR count). The molecule has 1 aromatic carbocycles. The molecule has 18 heavy (non-hydrogen) atoms. The zero-order chi connectivity index (χ0) is 13.1. The zero-order valence-corrected chi connectivity index (χ0v) is 10.7. The van der Waals surface area contributed by atoms with Gasteiger partial charge in [0.15, 0.2) is 0 Å². The van der Waals surface area contributed by atoms with E-state index in [0.717, 1.165) is 17.0 Å². The fourth-order valence-electron chi connectivity index (χ4n) is 1.83. The predicted molar refractivity (Wildman–Crippen MR) is 69.9 cm³/mol. The van der Waals surface area contributed by atoms with E-state index in [1.165, 1.54) is 0 Å². The van der Waals surface area contributed by atoms with E-state index >= 15 is 0 Å². The number of phenols is 1. The van der Waals surface area contributed by atoms with E-state index in [-0.39, 0.29) is 11.8 Å². The average Bonchev–Trinajstić information content (AvgIpc) is 2.75. The van der Waals surface area contributed by atoms with Crippen LogP contribution in [-0.4, -0.2) is 22.0 Å². The minimum Gasteiger partial charge on any atom is -0.508 e. The van der Waals surface area contributed by atoms with Crippen molar-refractivity contribution in [2.24, 2.45) is 7.05 Å². The molecule has 5 heteroatoms. The summed E-state index contributed by atoms with van der Waals surface area (Å²) in [5.74, 6) is 0.974. The molecule has 0 amide bonds. The predicted octanol–water partition coefficient (Wildman–Crippen LogP) is 2.31. The number of aromatic nitrogens is 2. The maximum Gasteiger partial charge on any atom is 0.121 e. The minimum absolute atomic E-state index is 0.0377. The average molecular weight is 247 g/mol. The number of aryl methyl sites for hydroxylation is 1. The number of methoxy groups -OCH3 is 1. The van der Waals surface area contributed by atoms with Crippen LogP contribution in [0.4, 0.5) is 5.69 Å². The lowest BCUT2D eigenvalue weighted by Crippen LogP contribution is -2.06. The van der Waals surface area contributed by atoms with E-state index in [9.17, 15) is 5.11 Å². The topological polar surface area (TPSA) is 59.3 Å². The van der Waals surface area contributed by atoms with Crippen LogP contribution in [0.25, 0.3) is 0 Å². The van der Waals surface area contributed by atoms with Crippen molar-refractivity contribution in [1.82, 2.24) is 9.78 Å². The van der Waals surface area contributed by atoms with Crippen molar-refractivity contribution in [3.8, 4) is 11.5 Å². The Labute approximate surface area is 106 Å². The van der Waals surface area contributed by atoms with Crippen molar-refractivity contribution >= 4 is 5.69 Å². The van der Waals surface area contributed by atoms with Gasteiger partial charge in [0.05, 0.1) is 25.0 Å². The number of nitrogens with one attached hydrogen (secondary N) is 1. The van der Waals surface area contributed by atoms with Gasteiger partial charge in [0.2, 0.25) is 0 Å². The molecule has 0 radical (unpaired) electrons. The molecule has 0 aliphatic carbocycles. The Morgan fingerprint density at radius 3 is 2.83 bits per heavy atom. The highest BCUT2D eigenvalue weighted by atomic mass is 16.5. The highest BCUT2D eigenvalue weighted by molar-refractivity contribution is 5.47. The number of rotatable bonds is 4. The lowest BCUT2D eigenvalue weighted by molar-refractivity contribution is 0.410. The second-order valence-electron chi connectivity index (χ2n) is 4.19. The standard InChI is InChI=1S/C13H17N3O2/c1-9(15-10-7-14-16(2)8-10)12-6-11(18-3)4-5-13(12)17/h4-9,15,17H,1-3H3. The highest BCUT2D eigenvalue weighted by Crippen LogP contribution is 2.30. The molecule has 1 unspecified atom stereocenters. The van der Waals surface area contributed by atoms with E-state index in [1.54, 1.807) is 30.1 Å². The largest absolute Gasteiger partial charge is 0.508 e. The Hall–Kier alpha value is -2.17. The quantitative estimate of drug-likeness (QED) is 0.870. The van der Waals surface area contributed by atoms with Crippen molar-refractivity contribution in [1.29, 1.82) is 0 Å². The smallest absolute Gasteiger partial charge is 0.121 e. The molecule has 5 nitrogen and oxygen atoms in total. The van der Waals surface area contributed by atoms with Crippen LogP contribution in [0.5, 0.6) is 11.5 Å². The summed E-state index contributed by atoms with van der Waals surface area (Å²) in [4.78, 5) is 0. The second kappa shape index (κ2) is 5.00. The summed E-state index contributed by atoms with van der Waals surface area (Å²) >= 11 is 0. The molecule has 0 bridgehead atoms. The van der Waals surface area contributed by atoms with Gasteiger partial charge < -0.3 is 15.2 Å². The summed E-state index contributed by atoms with van der Waals surface area (Å²) in [7, 11) is 3.47. The summed E-state index contributed by atoms with van der Waals surface area (Å²) in [6.07, 6.45) is 3.63. The van der Waals surface area contributed by atoms with E-state index in [4.69, 9.17) is 4.74 Å². The van der Waals surface area contributed by atoms with Gasteiger partial charge >= 0.3 is 0 Å². The Bertz CT molecular complexity index is 537. The summed E-state index contributed by atoms with van der Waals surface area (Å²) < 4.78 is 6.88. The van der Waals surface area contributed by atoms with Gasteiger partial charge in [0, 0.05) is 18.8 Å². The monoisotopic (exact) mass is 247 g/mol. The number of benzene rings is 1. The van der Waals surface area contributed by atoms with Crippen LogP contribution < -0.4 is 10.1 Å². The van der Waals surface area contributed by atoms with Gasteiger partial charge in [-0.2, -0.15) is 5.10 Å². The van der Waals surface area contributed by atoms with Gasteiger partial charge in [0.1, 0.15) is 11.5 Å². The van der Waals surface area contributed by atoms with E-state index < -0.39 is 0 Å². The van der Waals surface area contributed by atoms with Gasteiger partial charge in [-0.1, -0.05) is 0 Å². The molecule has 0 aliphatic rings. The summed E-state index contributed by atoms with van der Waals surface area (Å²) in [6.45, 7) is 1.97. The second-order valence-corrected chi connectivity index (χ2v) is 4.19. The molecular weight excluding hydrogens is 230 g/mol. The van der Waals surface area contributed by atoms with Crippen LogP contribution in [0.15, 0.2) is 30.6 Å². The first-order valence-electron chi connectivity index (χ1n) is 5.72. The van der Waals surface area contributed by atoms with Gasteiger partial charge in [0.25, 0.3) is 0 Å². The molecule has 2 aromatic rings. The fourth-order valence-corrected chi connectivity index (χ4v) is 1.83. The van der Waals surface area contributed by atoms with Crippen LogP contribution in [0.1, 0.15) is 18.5 Å². The first-order chi connectivity index (χ1) is 8.60. The van der Waals surface area contributed by atoms with Crippen LogP contribution in [0, 0.1) is 0 Å². The van der Waals surface area contributed by atoms with E-state index in [2.05, 4.69) is 10.4 Å². The number of ether oxygens (including phenoxy) is 1. The van der Waals surface area contributed by atoms with E-state index in [1.807, 2.05) is 26.2 Å². The Kier molecular flexibility index (Phi) is 3.41. The third-order valence-electron chi connectivity index (χ3n) is 2.79. The van der Waals surface area contributed by atoms with Crippen molar-refractivity contribution in [3.63, 3.8) is 0 Å². The number of nitrogens with zero attached hydrogens (tertiary/aromatic N) is 2. The molecule has 1 heterocycles. The fraction of sp³-hybridized carbons (Fsp3) is 0.308. The summed E-state index contributed by atoms with van der Waals surface area (Å²) in [5, 5.41) is 17.2. The Morgan fingerprint density at radius 1 is 1.44 bits per heavy atom. The summed E-state index contributed by atoms with van der Waals surface area (Å²) in [5.41, 5.74) is 1.70. The van der Waals surface area contributed by atoms with Gasteiger partial charge in [-0.25, -0.2) is 0 Å². The number of aromatic hydroxyl groups is 1. The Morgan fingerprint density at radius 2 is 2.22 bits per heavy atom. The lowest BCUT2D eigenvalue weighted by atomic mass is 10.1. The van der Waals surface area contributed by atoms with Crippen molar-refractivity contribution in [2.75, 3.05) is 12.4 Å². The third kappa shape index (κ3) is 2.56. The highest BCUT2D eigenvalue weighted by Gasteiger charge is 2.12. The first kappa shape index (κ1) is 12.3. The molecule has 0 saturated heterocycles. The maximum absolute atomic E-state index is 9.87. The van der Waals surface area contributed by atoms with Crippen LogP contribution in [0.3, 0.4) is 0 Å². The van der Waals surface area contributed by atoms with E-state index in [0.29, 0.717) is 0 Å². The number of anilines is 1. The van der Waals surface area contributed by atoms with Gasteiger partial charge in [-0.05, 0) is 25.1 Å². The first-order valence-corrected chi connectivity index (χ1v) is 5.72. The Balaban J connectivity index is 2.20. The molecule has 1 aromatic heterocycles. The third-order valence-corrected chi connectivity index (χ3v) is 2.79. The molecule has 0 fully saturated rings. The number of hydrogen-bond donors (Lipinski definition) is 2. The van der Waals surface area contributed by atoms with Crippen molar-refractivity contribution in [3.05, 3.63) is 36.2 Å². The summed E-state index contributed by atoms with van der Waals surface area (Å²) in [6, 6.07) is 5.15. The van der Waals surface area contributed by atoms with Crippen LogP contribution >= 0.6 is 0 Å². The molecule has 2 N–H and O–H groups in total. The molecular formula is C13H17N3O2. The lowest BCUT2D eigenvalue weighted by Gasteiger charge is -2.16. The van der Waals surface area contributed by atoms with Crippen molar-refractivity contribution in [2.45, 2.75) is 13.0 Å². The molecule has 0 saturated carbocycles. The molecule has 0 spiro atoms.